The Bertz CT molecular complexity index is 690. The van der Waals surface area contributed by atoms with Crippen molar-refractivity contribution in [2.75, 3.05) is 5.73 Å². The smallest absolute Gasteiger partial charge is 0.273 e. The maximum Gasteiger partial charge on any atom is 0.273 e. The molecular weight excluding hydrogens is 310 g/mol. The van der Waals surface area contributed by atoms with Crippen molar-refractivity contribution in [2.24, 2.45) is 0 Å². The molecule has 19 heavy (non-hydrogen) atoms. The molecule has 2 aromatic heterocycles. The molecule has 0 aliphatic rings. The summed E-state index contributed by atoms with van der Waals surface area (Å²) < 4.78 is 0.563. The highest BCUT2D eigenvalue weighted by Crippen LogP contribution is 2.14. The van der Waals surface area contributed by atoms with Gasteiger partial charge < -0.3 is 5.73 Å². The summed E-state index contributed by atoms with van der Waals surface area (Å²) in [5, 5.41) is 12.1. The Morgan fingerprint density at radius 1 is 1.11 bits per heavy atom. The number of benzene rings is 1. The average Bonchev–Trinajstić information content (AvgIpc) is 2.88. The molecule has 8 heteroatoms. The van der Waals surface area contributed by atoms with Gasteiger partial charge in [0, 0.05) is 11.6 Å². The molecule has 0 atom stereocenters. The first kappa shape index (κ1) is 11.7. The van der Waals surface area contributed by atoms with Crippen molar-refractivity contribution in [2.45, 2.75) is 0 Å². The van der Waals surface area contributed by atoms with E-state index >= 15 is 0 Å². The van der Waals surface area contributed by atoms with E-state index in [1.54, 1.807) is 6.07 Å². The van der Waals surface area contributed by atoms with E-state index in [9.17, 15) is 0 Å². The van der Waals surface area contributed by atoms with Gasteiger partial charge in [-0.1, -0.05) is 35.1 Å². The van der Waals surface area contributed by atoms with Crippen molar-refractivity contribution >= 4 is 21.7 Å². The summed E-state index contributed by atoms with van der Waals surface area (Å²) in [7, 11) is 0. The highest BCUT2D eigenvalue weighted by Gasteiger charge is 2.10. The summed E-state index contributed by atoms with van der Waals surface area (Å²) in [5.74, 6) is 1.10. The Morgan fingerprint density at radius 3 is 2.63 bits per heavy atom. The summed E-state index contributed by atoms with van der Waals surface area (Å²) in [6.45, 7) is 0. The van der Waals surface area contributed by atoms with E-state index in [0.717, 1.165) is 5.56 Å². The lowest BCUT2D eigenvalue weighted by molar-refractivity contribution is 0.677. The van der Waals surface area contributed by atoms with Gasteiger partial charge in [-0.2, -0.15) is 4.98 Å². The number of hydrogen-bond acceptors (Lipinski definition) is 6. The predicted octanol–water partition coefficient (Wildman–Crippen LogP) is 1.46. The van der Waals surface area contributed by atoms with Gasteiger partial charge in [0.2, 0.25) is 5.82 Å². The standard InChI is InChI=1S/C11H8BrN7/c12-8-6-9(13)15-11(14-8)19-17-10(16-18-19)7-4-2-1-3-5-7/h1-6H,(H2,13,14,15). The average molecular weight is 318 g/mol. The van der Waals surface area contributed by atoms with Crippen LogP contribution in [0.5, 0.6) is 0 Å². The van der Waals surface area contributed by atoms with Crippen LogP contribution in [0, 0.1) is 0 Å². The summed E-state index contributed by atoms with van der Waals surface area (Å²) in [5.41, 5.74) is 6.52. The van der Waals surface area contributed by atoms with E-state index in [2.05, 4.69) is 41.3 Å². The Kier molecular flexibility index (Phi) is 2.92. The normalized spacial score (nSPS) is 10.6. The third-order valence-corrected chi connectivity index (χ3v) is 2.73. The molecule has 0 aliphatic carbocycles. The lowest BCUT2D eigenvalue weighted by Crippen LogP contribution is -2.07. The Labute approximate surface area is 116 Å². The van der Waals surface area contributed by atoms with Crippen LogP contribution in [0.1, 0.15) is 0 Å². The second-order valence-electron chi connectivity index (χ2n) is 3.68. The van der Waals surface area contributed by atoms with Crippen LogP contribution in [0.4, 0.5) is 5.82 Å². The third kappa shape index (κ3) is 2.43. The molecule has 1 aromatic carbocycles. The van der Waals surface area contributed by atoms with E-state index in [1.807, 2.05) is 30.3 Å². The molecule has 2 heterocycles. The summed E-state index contributed by atoms with van der Waals surface area (Å²) in [6.07, 6.45) is 0. The molecule has 3 rings (SSSR count). The maximum absolute atomic E-state index is 5.64. The number of rotatable bonds is 2. The molecule has 0 saturated heterocycles. The molecule has 0 bridgehead atoms. The van der Waals surface area contributed by atoms with Gasteiger partial charge in [-0.25, -0.2) is 4.98 Å². The Hall–Kier alpha value is -2.35. The molecule has 3 aromatic rings. The van der Waals surface area contributed by atoms with Gasteiger partial charge in [0.1, 0.15) is 10.4 Å². The number of nitrogen functional groups attached to an aromatic ring is 1. The lowest BCUT2D eigenvalue weighted by Gasteiger charge is -1.98. The maximum atomic E-state index is 5.64. The fraction of sp³-hybridized carbons (Fsp3) is 0. The van der Waals surface area contributed by atoms with Crippen molar-refractivity contribution in [3.8, 4) is 17.3 Å². The number of nitrogens with zero attached hydrogens (tertiary/aromatic N) is 6. The van der Waals surface area contributed by atoms with Crippen molar-refractivity contribution in [3.05, 3.63) is 41.0 Å². The minimum Gasteiger partial charge on any atom is -0.383 e. The number of hydrogen-bond donors (Lipinski definition) is 1. The number of aromatic nitrogens is 6. The van der Waals surface area contributed by atoms with E-state index in [0.29, 0.717) is 16.2 Å². The topological polar surface area (TPSA) is 95.4 Å². The van der Waals surface area contributed by atoms with Crippen LogP contribution in [0.15, 0.2) is 41.0 Å². The fourth-order valence-electron chi connectivity index (χ4n) is 1.51. The van der Waals surface area contributed by atoms with Crippen molar-refractivity contribution in [1.29, 1.82) is 0 Å². The van der Waals surface area contributed by atoms with Gasteiger partial charge in [0.25, 0.3) is 5.95 Å². The monoisotopic (exact) mass is 317 g/mol. The summed E-state index contributed by atoms with van der Waals surface area (Å²) in [6, 6.07) is 11.1. The van der Waals surface area contributed by atoms with Crippen molar-refractivity contribution in [1.82, 2.24) is 30.2 Å². The number of nitrogens with two attached hydrogens (primary N) is 1. The van der Waals surface area contributed by atoms with Crippen LogP contribution in [0.25, 0.3) is 17.3 Å². The Balaban J connectivity index is 2.02. The lowest BCUT2D eigenvalue weighted by atomic mass is 10.2. The van der Waals surface area contributed by atoms with Crippen LogP contribution >= 0.6 is 15.9 Å². The predicted molar refractivity (Wildman–Crippen MR) is 72.3 cm³/mol. The highest BCUT2D eigenvalue weighted by molar-refractivity contribution is 9.10. The molecule has 0 saturated carbocycles. The first-order valence-electron chi connectivity index (χ1n) is 5.38. The van der Waals surface area contributed by atoms with Crippen LogP contribution in [-0.4, -0.2) is 30.2 Å². The van der Waals surface area contributed by atoms with E-state index in [-0.39, 0.29) is 5.95 Å². The van der Waals surface area contributed by atoms with Gasteiger partial charge in [-0.3, -0.25) is 0 Å². The largest absolute Gasteiger partial charge is 0.383 e. The van der Waals surface area contributed by atoms with Crippen LogP contribution < -0.4 is 5.73 Å². The third-order valence-electron chi connectivity index (χ3n) is 2.33. The van der Waals surface area contributed by atoms with Gasteiger partial charge in [0.05, 0.1) is 0 Å². The van der Waals surface area contributed by atoms with Crippen LogP contribution in [-0.2, 0) is 0 Å². The van der Waals surface area contributed by atoms with Gasteiger partial charge in [-0.05, 0) is 21.1 Å². The molecule has 0 radical (unpaired) electrons. The SMILES string of the molecule is Nc1cc(Br)nc(-n2nnc(-c3ccccc3)n2)n1. The zero-order valence-corrected chi connectivity index (χ0v) is 11.2. The number of anilines is 1. The first-order chi connectivity index (χ1) is 9.22. The molecule has 2 N–H and O–H groups in total. The number of halogens is 1. The molecule has 0 spiro atoms. The van der Waals surface area contributed by atoms with E-state index in [1.165, 1.54) is 4.80 Å². The summed E-state index contributed by atoms with van der Waals surface area (Å²) >= 11 is 3.24. The minimum atomic E-state index is 0.265. The highest BCUT2D eigenvalue weighted by atomic mass is 79.9. The van der Waals surface area contributed by atoms with Crippen molar-refractivity contribution in [3.63, 3.8) is 0 Å². The van der Waals surface area contributed by atoms with E-state index < -0.39 is 0 Å². The van der Waals surface area contributed by atoms with Gasteiger partial charge >= 0.3 is 0 Å². The molecule has 0 aliphatic heterocycles. The summed E-state index contributed by atoms with van der Waals surface area (Å²) in [4.78, 5) is 9.42. The zero-order valence-electron chi connectivity index (χ0n) is 9.60. The first-order valence-corrected chi connectivity index (χ1v) is 6.17. The number of tetrazole rings is 1. The van der Waals surface area contributed by atoms with Crippen LogP contribution in [0.2, 0.25) is 0 Å². The Morgan fingerprint density at radius 2 is 1.89 bits per heavy atom. The van der Waals surface area contributed by atoms with Gasteiger partial charge in [0.15, 0.2) is 0 Å². The minimum absolute atomic E-state index is 0.265. The second kappa shape index (κ2) is 4.73. The van der Waals surface area contributed by atoms with Crippen LogP contribution in [0.3, 0.4) is 0 Å². The quantitative estimate of drug-likeness (QED) is 0.719. The molecule has 0 unspecified atom stereocenters. The molecular formula is C11H8BrN7. The molecule has 7 nitrogen and oxygen atoms in total. The molecule has 0 amide bonds. The zero-order chi connectivity index (χ0) is 13.2. The molecule has 0 fully saturated rings. The van der Waals surface area contributed by atoms with Crippen molar-refractivity contribution < 1.29 is 0 Å². The second-order valence-corrected chi connectivity index (χ2v) is 4.50. The molecule has 94 valence electrons. The van der Waals surface area contributed by atoms with Gasteiger partial charge in [-0.15, -0.1) is 10.2 Å². The fourth-order valence-corrected chi connectivity index (χ4v) is 1.91. The van der Waals surface area contributed by atoms with E-state index in [4.69, 9.17) is 5.73 Å².